The van der Waals surface area contributed by atoms with Gasteiger partial charge in [0, 0.05) is 5.56 Å². The SMILES string of the molecule is C#CCOc1ccc(C(=O)NC(COCC=C)C(=O)O)cc1. The Morgan fingerprint density at radius 2 is 2.09 bits per heavy atom. The lowest BCUT2D eigenvalue weighted by atomic mass is 10.2. The summed E-state index contributed by atoms with van der Waals surface area (Å²) in [6, 6.07) is 5.06. The van der Waals surface area contributed by atoms with Crippen molar-refractivity contribution in [1.82, 2.24) is 5.32 Å². The lowest BCUT2D eigenvalue weighted by molar-refractivity contribution is -0.140. The van der Waals surface area contributed by atoms with Crippen LogP contribution in [0.3, 0.4) is 0 Å². The minimum Gasteiger partial charge on any atom is -0.481 e. The second-order valence-corrected chi connectivity index (χ2v) is 4.21. The van der Waals surface area contributed by atoms with Crippen molar-refractivity contribution >= 4 is 11.9 Å². The van der Waals surface area contributed by atoms with E-state index in [9.17, 15) is 9.59 Å². The summed E-state index contributed by atoms with van der Waals surface area (Å²) in [5.74, 6) is 1.16. The van der Waals surface area contributed by atoms with Crippen molar-refractivity contribution in [2.45, 2.75) is 6.04 Å². The number of aliphatic carboxylic acids is 1. The van der Waals surface area contributed by atoms with Gasteiger partial charge >= 0.3 is 5.97 Å². The number of carboxylic acid groups (broad SMARTS) is 1. The topological polar surface area (TPSA) is 84.9 Å². The van der Waals surface area contributed by atoms with Crippen LogP contribution < -0.4 is 10.1 Å². The molecule has 1 amide bonds. The van der Waals surface area contributed by atoms with Crippen LogP contribution >= 0.6 is 0 Å². The van der Waals surface area contributed by atoms with Crippen LogP contribution in [-0.2, 0) is 9.53 Å². The van der Waals surface area contributed by atoms with Gasteiger partial charge in [0.1, 0.15) is 12.4 Å². The van der Waals surface area contributed by atoms with Crippen molar-refractivity contribution in [2.75, 3.05) is 19.8 Å². The number of carboxylic acids is 1. The number of benzene rings is 1. The first-order chi connectivity index (χ1) is 10.6. The number of carbonyl (C=O) groups is 2. The molecule has 1 aromatic carbocycles. The van der Waals surface area contributed by atoms with Gasteiger partial charge < -0.3 is 19.9 Å². The molecule has 0 aliphatic heterocycles. The summed E-state index contributed by atoms with van der Waals surface area (Å²) in [6.07, 6.45) is 6.57. The molecule has 6 heteroatoms. The normalized spacial score (nSPS) is 11.0. The Bertz CT molecular complexity index is 559. The van der Waals surface area contributed by atoms with Gasteiger partial charge in [-0.25, -0.2) is 4.79 Å². The van der Waals surface area contributed by atoms with Crippen LogP contribution in [0.1, 0.15) is 10.4 Å². The summed E-state index contributed by atoms with van der Waals surface area (Å²) >= 11 is 0. The highest BCUT2D eigenvalue weighted by molar-refractivity contribution is 5.96. The summed E-state index contributed by atoms with van der Waals surface area (Å²) in [4.78, 5) is 23.1. The number of hydrogen-bond donors (Lipinski definition) is 2. The predicted molar refractivity (Wildman–Crippen MR) is 80.7 cm³/mol. The predicted octanol–water partition coefficient (Wildman–Crippen LogP) is 1.08. The Balaban J connectivity index is 2.63. The molecule has 1 unspecified atom stereocenters. The molecule has 1 aromatic rings. The minimum absolute atomic E-state index is 0.132. The molecule has 0 saturated heterocycles. The zero-order valence-corrected chi connectivity index (χ0v) is 12.0. The van der Waals surface area contributed by atoms with Crippen LogP contribution in [-0.4, -0.2) is 42.8 Å². The number of amides is 1. The van der Waals surface area contributed by atoms with Gasteiger partial charge in [-0.3, -0.25) is 4.79 Å². The average Bonchev–Trinajstić information content (AvgIpc) is 2.52. The molecule has 1 atom stereocenters. The molecule has 1 rings (SSSR count). The minimum atomic E-state index is -1.17. The van der Waals surface area contributed by atoms with Crippen LogP contribution in [0, 0.1) is 12.3 Å². The quantitative estimate of drug-likeness (QED) is 0.405. The lowest BCUT2D eigenvalue weighted by Gasteiger charge is -2.14. The fraction of sp³-hybridized carbons (Fsp3) is 0.250. The summed E-state index contributed by atoms with van der Waals surface area (Å²) in [5, 5.41) is 11.4. The molecular formula is C16H17NO5. The maximum absolute atomic E-state index is 12.0. The Morgan fingerprint density at radius 1 is 1.41 bits per heavy atom. The second kappa shape index (κ2) is 9.21. The van der Waals surface area contributed by atoms with Crippen molar-refractivity contribution in [3.05, 3.63) is 42.5 Å². The van der Waals surface area contributed by atoms with E-state index in [1.165, 1.54) is 18.2 Å². The Kier molecular flexibility index (Phi) is 7.23. The van der Waals surface area contributed by atoms with Crippen LogP contribution in [0.5, 0.6) is 5.75 Å². The van der Waals surface area contributed by atoms with E-state index in [2.05, 4.69) is 17.8 Å². The highest BCUT2D eigenvalue weighted by Gasteiger charge is 2.20. The van der Waals surface area contributed by atoms with Gasteiger partial charge in [-0.05, 0) is 24.3 Å². The van der Waals surface area contributed by atoms with Gasteiger partial charge in [0.2, 0.25) is 0 Å². The van der Waals surface area contributed by atoms with E-state index in [1.807, 2.05) is 0 Å². The number of terminal acetylenes is 1. The highest BCUT2D eigenvalue weighted by atomic mass is 16.5. The molecule has 0 fully saturated rings. The van der Waals surface area contributed by atoms with Gasteiger partial charge in [0.25, 0.3) is 5.91 Å². The second-order valence-electron chi connectivity index (χ2n) is 4.21. The molecule has 0 heterocycles. The fourth-order valence-electron chi connectivity index (χ4n) is 1.51. The molecule has 0 aliphatic rings. The maximum atomic E-state index is 12.0. The molecule has 0 saturated carbocycles. The molecule has 2 N–H and O–H groups in total. The van der Waals surface area contributed by atoms with Crippen molar-refractivity contribution in [1.29, 1.82) is 0 Å². The van der Waals surface area contributed by atoms with E-state index < -0.39 is 17.9 Å². The smallest absolute Gasteiger partial charge is 0.328 e. The molecule has 0 spiro atoms. The monoisotopic (exact) mass is 303 g/mol. The van der Waals surface area contributed by atoms with Crippen molar-refractivity contribution in [3.8, 4) is 18.1 Å². The number of hydrogen-bond acceptors (Lipinski definition) is 4. The number of ether oxygens (including phenoxy) is 2. The molecule has 116 valence electrons. The van der Waals surface area contributed by atoms with Gasteiger partial charge in [-0.15, -0.1) is 13.0 Å². The Labute approximate surface area is 128 Å². The summed E-state index contributed by atoms with van der Waals surface area (Å²) in [5.41, 5.74) is 0.308. The molecule has 0 aliphatic carbocycles. The highest BCUT2D eigenvalue weighted by Crippen LogP contribution is 2.12. The zero-order valence-electron chi connectivity index (χ0n) is 12.0. The molecular weight excluding hydrogens is 286 g/mol. The summed E-state index contributed by atoms with van der Waals surface area (Å²) in [7, 11) is 0. The third kappa shape index (κ3) is 5.69. The van der Waals surface area contributed by atoms with Gasteiger partial charge in [-0.1, -0.05) is 12.0 Å². The molecule has 0 radical (unpaired) electrons. The third-order valence-corrected chi connectivity index (χ3v) is 2.56. The fourth-order valence-corrected chi connectivity index (χ4v) is 1.51. The molecule has 0 bridgehead atoms. The summed E-state index contributed by atoms with van der Waals surface area (Å²) < 4.78 is 10.2. The van der Waals surface area contributed by atoms with Crippen LogP contribution in [0.25, 0.3) is 0 Å². The maximum Gasteiger partial charge on any atom is 0.328 e. The number of rotatable bonds is 9. The average molecular weight is 303 g/mol. The molecule has 6 nitrogen and oxygen atoms in total. The van der Waals surface area contributed by atoms with Crippen molar-refractivity contribution in [3.63, 3.8) is 0 Å². The van der Waals surface area contributed by atoms with Crippen LogP contribution in [0.2, 0.25) is 0 Å². The van der Waals surface area contributed by atoms with E-state index in [-0.39, 0.29) is 19.8 Å². The Morgan fingerprint density at radius 3 is 2.64 bits per heavy atom. The van der Waals surface area contributed by atoms with Crippen LogP contribution in [0.15, 0.2) is 36.9 Å². The van der Waals surface area contributed by atoms with E-state index in [0.29, 0.717) is 11.3 Å². The first kappa shape index (κ1) is 17.3. The first-order valence-corrected chi connectivity index (χ1v) is 6.47. The van der Waals surface area contributed by atoms with Crippen molar-refractivity contribution in [2.24, 2.45) is 0 Å². The Hall–Kier alpha value is -2.78. The van der Waals surface area contributed by atoms with Gasteiger partial charge in [-0.2, -0.15) is 0 Å². The van der Waals surface area contributed by atoms with Crippen LogP contribution in [0.4, 0.5) is 0 Å². The number of carbonyl (C=O) groups excluding carboxylic acids is 1. The van der Waals surface area contributed by atoms with E-state index in [1.54, 1.807) is 12.1 Å². The molecule has 22 heavy (non-hydrogen) atoms. The summed E-state index contributed by atoms with van der Waals surface area (Å²) in [6.45, 7) is 3.66. The van der Waals surface area contributed by atoms with E-state index in [0.717, 1.165) is 0 Å². The standard InChI is InChI=1S/C16H17NO5/c1-3-9-21-11-14(16(19)20)17-15(18)12-5-7-13(8-6-12)22-10-4-2/h2-3,5-8,14H,1,9-11H2,(H,17,18)(H,19,20). The van der Waals surface area contributed by atoms with E-state index >= 15 is 0 Å². The number of nitrogens with one attached hydrogen (secondary N) is 1. The molecule has 0 aromatic heterocycles. The van der Waals surface area contributed by atoms with Gasteiger partial charge in [0.05, 0.1) is 13.2 Å². The third-order valence-electron chi connectivity index (χ3n) is 2.56. The van der Waals surface area contributed by atoms with E-state index in [4.69, 9.17) is 21.0 Å². The van der Waals surface area contributed by atoms with Crippen molar-refractivity contribution < 1.29 is 24.2 Å². The zero-order chi connectivity index (χ0) is 16.4. The van der Waals surface area contributed by atoms with Gasteiger partial charge in [0.15, 0.2) is 6.04 Å². The lowest BCUT2D eigenvalue weighted by Crippen LogP contribution is -2.44. The first-order valence-electron chi connectivity index (χ1n) is 6.47. The largest absolute Gasteiger partial charge is 0.481 e.